The van der Waals surface area contributed by atoms with Gasteiger partial charge in [0.25, 0.3) is 0 Å². The van der Waals surface area contributed by atoms with Crippen molar-refractivity contribution in [1.29, 1.82) is 0 Å². The standard InChI is InChI=1S/C12H25N3/c1-15-7-4-11(10-15)2-5-13-8-12-3-6-14-9-12/h11-14H,2-10H2,1H3. The predicted molar refractivity (Wildman–Crippen MR) is 64.1 cm³/mol. The summed E-state index contributed by atoms with van der Waals surface area (Å²) >= 11 is 0. The van der Waals surface area contributed by atoms with Crippen LogP contribution in [0, 0.1) is 11.8 Å². The van der Waals surface area contributed by atoms with Crippen molar-refractivity contribution in [2.45, 2.75) is 19.3 Å². The molecule has 2 aliphatic heterocycles. The largest absolute Gasteiger partial charge is 0.316 e. The van der Waals surface area contributed by atoms with Gasteiger partial charge < -0.3 is 15.5 Å². The predicted octanol–water partition coefficient (Wildman–Crippen LogP) is 0.527. The minimum atomic E-state index is 0.885. The maximum atomic E-state index is 3.61. The Hall–Kier alpha value is -0.120. The average Bonchev–Trinajstić information content (AvgIpc) is 2.84. The highest BCUT2D eigenvalue weighted by Gasteiger charge is 2.19. The first-order chi connectivity index (χ1) is 7.34. The Labute approximate surface area is 93.6 Å². The molecule has 0 aromatic rings. The summed E-state index contributed by atoms with van der Waals surface area (Å²) in [6.45, 7) is 7.49. The van der Waals surface area contributed by atoms with Crippen molar-refractivity contribution >= 4 is 0 Å². The van der Waals surface area contributed by atoms with Crippen LogP contribution in [-0.2, 0) is 0 Å². The van der Waals surface area contributed by atoms with Crippen LogP contribution >= 0.6 is 0 Å². The molecular formula is C12H25N3. The first-order valence-electron chi connectivity index (χ1n) is 6.44. The Morgan fingerprint density at radius 2 is 2.27 bits per heavy atom. The third-order valence-electron chi connectivity index (χ3n) is 3.81. The van der Waals surface area contributed by atoms with Crippen molar-refractivity contribution in [3.05, 3.63) is 0 Å². The van der Waals surface area contributed by atoms with E-state index in [1.54, 1.807) is 0 Å². The maximum absolute atomic E-state index is 3.61. The number of rotatable bonds is 5. The fourth-order valence-electron chi connectivity index (χ4n) is 2.76. The lowest BCUT2D eigenvalue weighted by atomic mass is 10.0. The second kappa shape index (κ2) is 5.83. The molecule has 15 heavy (non-hydrogen) atoms. The van der Waals surface area contributed by atoms with Crippen molar-refractivity contribution < 1.29 is 0 Å². The lowest BCUT2D eigenvalue weighted by Crippen LogP contribution is -2.26. The van der Waals surface area contributed by atoms with Crippen molar-refractivity contribution in [1.82, 2.24) is 15.5 Å². The zero-order valence-electron chi connectivity index (χ0n) is 9.97. The molecule has 2 atom stereocenters. The minimum Gasteiger partial charge on any atom is -0.316 e. The summed E-state index contributed by atoms with van der Waals surface area (Å²) in [5.74, 6) is 1.83. The van der Waals surface area contributed by atoms with E-state index in [2.05, 4.69) is 22.6 Å². The molecule has 2 fully saturated rings. The van der Waals surface area contributed by atoms with Gasteiger partial charge in [0.2, 0.25) is 0 Å². The fraction of sp³-hybridized carbons (Fsp3) is 1.00. The molecule has 2 rings (SSSR count). The Morgan fingerprint density at radius 3 is 2.93 bits per heavy atom. The van der Waals surface area contributed by atoms with E-state index in [1.807, 2.05) is 0 Å². The summed E-state index contributed by atoms with van der Waals surface area (Å²) in [4.78, 5) is 2.45. The molecule has 88 valence electrons. The number of nitrogens with zero attached hydrogens (tertiary/aromatic N) is 1. The van der Waals surface area contributed by atoms with Crippen LogP contribution in [0.25, 0.3) is 0 Å². The molecule has 3 nitrogen and oxygen atoms in total. The first-order valence-corrected chi connectivity index (χ1v) is 6.44. The zero-order chi connectivity index (χ0) is 10.5. The van der Waals surface area contributed by atoms with Gasteiger partial charge in [0.05, 0.1) is 0 Å². The van der Waals surface area contributed by atoms with Crippen LogP contribution in [0.4, 0.5) is 0 Å². The lowest BCUT2D eigenvalue weighted by molar-refractivity contribution is 0.382. The average molecular weight is 211 g/mol. The molecule has 2 N–H and O–H groups in total. The molecule has 0 spiro atoms. The van der Waals surface area contributed by atoms with E-state index in [9.17, 15) is 0 Å². The highest BCUT2D eigenvalue weighted by Crippen LogP contribution is 2.17. The third-order valence-corrected chi connectivity index (χ3v) is 3.81. The van der Waals surface area contributed by atoms with Crippen LogP contribution in [0.3, 0.4) is 0 Å². The van der Waals surface area contributed by atoms with Crippen LogP contribution in [0.1, 0.15) is 19.3 Å². The highest BCUT2D eigenvalue weighted by atomic mass is 15.1. The molecule has 2 unspecified atom stereocenters. The molecule has 0 aliphatic carbocycles. The molecule has 0 aromatic carbocycles. The lowest BCUT2D eigenvalue weighted by Gasteiger charge is -2.13. The van der Waals surface area contributed by atoms with Gasteiger partial charge in [-0.3, -0.25) is 0 Å². The van der Waals surface area contributed by atoms with E-state index in [4.69, 9.17) is 0 Å². The molecule has 0 saturated carbocycles. The van der Waals surface area contributed by atoms with Crippen LogP contribution in [0.15, 0.2) is 0 Å². The summed E-state index contributed by atoms with van der Waals surface area (Å²) < 4.78 is 0. The quantitative estimate of drug-likeness (QED) is 0.650. The normalized spacial score (nSPS) is 32.6. The van der Waals surface area contributed by atoms with Gasteiger partial charge in [-0.05, 0) is 70.9 Å². The number of nitrogens with one attached hydrogen (secondary N) is 2. The zero-order valence-corrected chi connectivity index (χ0v) is 9.97. The van der Waals surface area contributed by atoms with Gasteiger partial charge in [0.1, 0.15) is 0 Å². The van der Waals surface area contributed by atoms with Crippen LogP contribution in [0.5, 0.6) is 0 Å². The number of hydrogen-bond acceptors (Lipinski definition) is 3. The van der Waals surface area contributed by atoms with E-state index in [1.165, 1.54) is 58.5 Å². The highest BCUT2D eigenvalue weighted by molar-refractivity contribution is 4.75. The van der Waals surface area contributed by atoms with Crippen LogP contribution in [-0.4, -0.2) is 51.2 Å². The maximum Gasteiger partial charge on any atom is 0.000756 e. The Bertz CT molecular complexity index is 178. The van der Waals surface area contributed by atoms with E-state index in [0.717, 1.165) is 11.8 Å². The topological polar surface area (TPSA) is 27.3 Å². The van der Waals surface area contributed by atoms with Gasteiger partial charge >= 0.3 is 0 Å². The molecule has 0 bridgehead atoms. The summed E-state index contributed by atoms with van der Waals surface area (Å²) in [7, 11) is 2.23. The first kappa shape index (κ1) is 11.4. The molecule has 3 heteroatoms. The van der Waals surface area contributed by atoms with Crippen LogP contribution < -0.4 is 10.6 Å². The van der Waals surface area contributed by atoms with Gasteiger partial charge in [-0.25, -0.2) is 0 Å². The van der Waals surface area contributed by atoms with E-state index >= 15 is 0 Å². The van der Waals surface area contributed by atoms with E-state index in [-0.39, 0.29) is 0 Å². The summed E-state index contributed by atoms with van der Waals surface area (Å²) in [6, 6.07) is 0. The fourth-order valence-corrected chi connectivity index (χ4v) is 2.76. The SMILES string of the molecule is CN1CCC(CCNCC2CCNC2)C1. The van der Waals surface area contributed by atoms with Gasteiger partial charge in [0, 0.05) is 6.54 Å². The Morgan fingerprint density at radius 1 is 1.33 bits per heavy atom. The van der Waals surface area contributed by atoms with Crippen molar-refractivity contribution in [3.8, 4) is 0 Å². The number of likely N-dealkylation sites (tertiary alicyclic amines) is 1. The smallest absolute Gasteiger partial charge is 0.000756 e. The summed E-state index contributed by atoms with van der Waals surface area (Å²) in [6.07, 6.45) is 4.13. The van der Waals surface area contributed by atoms with Crippen molar-refractivity contribution in [3.63, 3.8) is 0 Å². The van der Waals surface area contributed by atoms with Gasteiger partial charge in [-0.2, -0.15) is 0 Å². The summed E-state index contributed by atoms with van der Waals surface area (Å²) in [5, 5.41) is 7.02. The Balaban J connectivity index is 1.48. The molecule has 0 amide bonds. The molecule has 2 aliphatic rings. The second-order valence-electron chi connectivity index (χ2n) is 5.27. The molecule has 0 radical (unpaired) electrons. The van der Waals surface area contributed by atoms with Crippen molar-refractivity contribution in [2.24, 2.45) is 11.8 Å². The van der Waals surface area contributed by atoms with E-state index < -0.39 is 0 Å². The van der Waals surface area contributed by atoms with Crippen molar-refractivity contribution in [2.75, 3.05) is 46.3 Å². The minimum absolute atomic E-state index is 0.885. The third kappa shape index (κ3) is 3.74. The second-order valence-corrected chi connectivity index (χ2v) is 5.27. The molecule has 0 aromatic heterocycles. The van der Waals surface area contributed by atoms with Gasteiger partial charge in [0.15, 0.2) is 0 Å². The van der Waals surface area contributed by atoms with Gasteiger partial charge in [-0.15, -0.1) is 0 Å². The Kier molecular flexibility index (Phi) is 4.42. The van der Waals surface area contributed by atoms with E-state index in [0.29, 0.717) is 0 Å². The molecule has 2 saturated heterocycles. The molecular weight excluding hydrogens is 186 g/mol. The van der Waals surface area contributed by atoms with Gasteiger partial charge in [-0.1, -0.05) is 0 Å². The summed E-state index contributed by atoms with van der Waals surface area (Å²) in [5.41, 5.74) is 0. The monoisotopic (exact) mass is 211 g/mol. The van der Waals surface area contributed by atoms with Crippen LogP contribution in [0.2, 0.25) is 0 Å². The number of hydrogen-bond donors (Lipinski definition) is 2. The molecule has 2 heterocycles.